The highest BCUT2D eigenvalue weighted by atomic mass is 32.1. The summed E-state index contributed by atoms with van der Waals surface area (Å²) in [6, 6.07) is 1.59. The Morgan fingerprint density at radius 3 is 3.20 bits per heavy atom. The van der Waals surface area contributed by atoms with Gasteiger partial charge in [0.15, 0.2) is 0 Å². The molecule has 0 aromatic carbocycles. The average molecular weight is 158 g/mol. The van der Waals surface area contributed by atoms with Gasteiger partial charge >= 0.3 is 0 Å². The van der Waals surface area contributed by atoms with Gasteiger partial charge < -0.3 is 5.32 Å². The van der Waals surface area contributed by atoms with Crippen molar-refractivity contribution in [2.45, 2.75) is 24.9 Å². The Kier molecular flexibility index (Phi) is 1.89. The summed E-state index contributed by atoms with van der Waals surface area (Å²) in [6.07, 6.45) is 2.65. The van der Waals surface area contributed by atoms with Gasteiger partial charge in [-0.15, -0.1) is 0 Å². The van der Waals surface area contributed by atoms with E-state index >= 15 is 0 Å². The fraction of sp³-hybridized carbons (Fsp3) is 1.00. The van der Waals surface area contributed by atoms with Crippen molar-refractivity contribution in [2.24, 2.45) is 0 Å². The number of fused-ring (bicyclic) bond motifs is 1. The zero-order valence-corrected chi connectivity index (χ0v) is 6.98. The van der Waals surface area contributed by atoms with E-state index in [2.05, 4.69) is 22.8 Å². The Bertz CT molecular complexity index is 129. The largest absolute Gasteiger partial charge is 0.312 e. The Balaban J connectivity index is 2.01. The van der Waals surface area contributed by atoms with Crippen molar-refractivity contribution in [3.05, 3.63) is 0 Å². The van der Waals surface area contributed by atoms with Crippen LogP contribution < -0.4 is 5.32 Å². The third kappa shape index (κ3) is 0.966. The number of nitrogens with zero attached hydrogens (tertiary/aromatic N) is 1. The lowest BCUT2D eigenvalue weighted by molar-refractivity contribution is 0.299. The van der Waals surface area contributed by atoms with Crippen LogP contribution in [-0.4, -0.2) is 35.9 Å². The van der Waals surface area contributed by atoms with Crippen molar-refractivity contribution in [1.29, 1.82) is 0 Å². The number of hydrogen-bond donors (Lipinski definition) is 2. The molecule has 3 heteroatoms. The van der Waals surface area contributed by atoms with Crippen molar-refractivity contribution in [3.63, 3.8) is 0 Å². The van der Waals surface area contributed by atoms with E-state index in [1.807, 2.05) is 0 Å². The molecular weight excluding hydrogens is 144 g/mol. The molecular formula is C7H14N2S. The fourth-order valence-corrected chi connectivity index (χ4v) is 2.48. The molecule has 2 unspecified atom stereocenters. The number of nitrogens with one attached hydrogen (secondary N) is 1. The molecule has 2 rings (SSSR count). The van der Waals surface area contributed by atoms with Gasteiger partial charge in [-0.05, 0) is 19.4 Å². The molecule has 2 aliphatic rings. The number of likely N-dealkylation sites (tertiary alicyclic amines) is 1. The predicted molar refractivity (Wildman–Crippen MR) is 45.4 cm³/mol. The highest BCUT2D eigenvalue weighted by Crippen LogP contribution is 2.24. The molecule has 0 spiro atoms. The van der Waals surface area contributed by atoms with Crippen molar-refractivity contribution in [3.8, 4) is 0 Å². The molecule has 2 atom stereocenters. The van der Waals surface area contributed by atoms with Gasteiger partial charge in [-0.1, -0.05) is 0 Å². The van der Waals surface area contributed by atoms with E-state index in [-0.39, 0.29) is 0 Å². The lowest BCUT2D eigenvalue weighted by atomic mass is 10.1. The summed E-state index contributed by atoms with van der Waals surface area (Å²) in [5, 5.41) is 3.51. The number of rotatable bonds is 1. The lowest BCUT2D eigenvalue weighted by Crippen LogP contribution is -2.33. The van der Waals surface area contributed by atoms with Crippen LogP contribution >= 0.6 is 12.6 Å². The summed E-state index contributed by atoms with van der Waals surface area (Å²) in [7, 11) is 0. The van der Waals surface area contributed by atoms with Crippen LogP contribution in [0.2, 0.25) is 0 Å². The molecule has 1 N–H and O–H groups in total. The molecule has 2 saturated heterocycles. The molecule has 2 fully saturated rings. The maximum atomic E-state index is 4.30. The maximum Gasteiger partial charge on any atom is 0.0417 e. The summed E-state index contributed by atoms with van der Waals surface area (Å²) >= 11 is 4.30. The maximum absolute atomic E-state index is 4.30. The highest BCUT2D eigenvalue weighted by molar-refractivity contribution is 7.80. The lowest BCUT2D eigenvalue weighted by Gasteiger charge is -2.19. The molecule has 0 aromatic heterocycles. The second-order valence-electron chi connectivity index (χ2n) is 3.16. The van der Waals surface area contributed by atoms with Gasteiger partial charge in [0, 0.05) is 24.5 Å². The van der Waals surface area contributed by atoms with Crippen LogP contribution in [-0.2, 0) is 0 Å². The average Bonchev–Trinajstić information content (AvgIpc) is 2.44. The second kappa shape index (κ2) is 2.72. The number of thiol groups is 1. The predicted octanol–water partition coefficient (Wildman–Crippen LogP) is 0.310. The monoisotopic (exact) mass is 158 g/mol. The minimum atomic E-state index is 0.784. The van der Waals surface area contributed by atoms with Crippen LogP contribution in [0.5, 0.6) is 0 Å². The van der Waals surface area contributed by atoms with E-state index in [1.165, 1.54) is 25.9 Å². The van der Waals surface area contributed by atoms with Gasteiger partial charge in [-0.2, -0.15) is 12.6 Å². The first-order valence-electron chi connectivity index (χ1n) is 4.00. The second-order valence-corrected chi connectivity index (χ2v) is 3.44. The first-order chi connectivity index (χ1) is 4.92. The molecule has 0 radical (unpaired) electrons. The molecule has 2 aliphatic heterocycles. The zero-order valence-electron chi connectivity index (χ0n) is 6.08. The Morgan fingerprint density at radius 1 is 1.50 bits per heavy atom. The topological polar surface area (TPSA) is 15.3 Å². The molecule has 10 heavy (non-hydrogen) atoms. The van der Waals surface area contributed by atoms with Crippen LogP contribution in [0, 0.1) is 0 Å². The summed E-state index contributed by atoms with van der Waals surface area (Å²) in [5.41, 5.74) is 0. The summed E-state index contributed by atoms with van der Waals surface area (Å²) in [6.45, 7) is 2.45. The first-order valence-corrected chi connectivity index (χ1v) is 4.63. The van der Waals surface area contributed by atoms with Gasteiger partial charge in [0.05, 0.1) is 0 Å². The quantitative estimate of drug-likeness (QED) is 0.534. The third-order valence-electron chi connectivity index (χ3n) is 2.69. The van der Waals surface area contributed by atoms with Crippen LogP contribution in [0.4, 0.5) is 0 Å². The van der Waals surface area contributed by atoms with Gasteiger partial charge in [-0.25, -0.2) is 0 Å². The van der Waals surface area contributed by atoms with Gasteiger partial charge in [0.1, 0.15) is 0 Å². The van der Waals surface area contributed by atoms with Crippen molar-refractivity contribution in [2.75, 3.05) is 19.0 Å². The van der Waals surface area contributed by atoms with E-state index in [0.717, 1.165) is 18.0 Å². The molecule has 0 saturated carbocycles. The Hall–Kier alpha value is 0.270. The minimum Gasteiger partial charge on any atom is -0.312 e. The minimum absolute atomic E-state index is 0.784. The first kappa shape index (κ1) is 6.95. The molecule has 58 valence electrons. The van der Waals surface area contributed by atoms with E-state index < -0.39 is 0 Å². The third-order valence-corrected chi connectivity index (χ3v) is 3.05. The van der Waals surface area contributed by atoms with Crippen LogP contribution in [0.1, 0.15) is 12.8 Å². The van der Waals surface area contributed by atoms with Crippen LogP contribution in [0.25, 0.3) is 0 Å². The van der Waals surface area contributed by atoms with E-state index in [9.17, 15) is 0 Å². The van der Waals surface area contributed by atoms with Crippen molar-refractivity contribution in [1.82, 2.24) is 10.2 Å². The molecule has 0 aromatic rings. The number of hydrogen-bond acceptors (Lipinski definition) is 3. The van der Waals surface area contributed by atoms with Crippen LogP contribution in [0.15, 0.2) is 0 Å². The standard InChI is InChI=1S/C7H14N2S/c10-5-9-4-2-6-7(9)1-3-8-6/h6-8,10H,1-5H2. The molecule has 0 bridgehead atoms. The summed E-state index contributed by atoms with van der Waals surface area (Å²) in [4.78, 5) is 2.47. The van der Waals surface area contributed by atoms with Gasteiger partial charge in [0.25, 0.3) is 0 Å². The summed E-state index contributed by atoms with van der Waals surface area (Å²) < 4.78 is 0. The smallest absolute Gasteiger partial charge is 0.0417 e. The van der Waals surface area contributed by atoms with Gasteiger partial charge in [-0.3, -0.25) is 4.90 Å². The van der Waals surface area contributed by atoms with Crippen molar-refractivity contribution >= 4 is 12.6 Å². The highest BCUT2D eigenvalue weighted by Gasteiger charge is 2.36. The molecule has 2 heterocycles. The van der Waals surface area contributed by atoms with E-state index in [4.69, 9.17) is 0 Å². The zero-order chi connectivity index (χ0) is 6.97. The van der Waals surface area contributed by atoms with E-state index in [0.29, 0.717) is 0 Å². The molecule has 0 amide bonds. The summed E-state index contributed by atoms with van der Waals surface area (Å²) in [5.74, 6) is 0.933. The fourth-order valence-electron chi connectivity index (χ4n) is 2.13. The van der Waals surface area contributed by atoms with Crippen molar-refractivity contribution < 1.29 is 0 Å². The van der Waals surface area contributed by atoms with Crippen LogP contribution in [0.3, 0.4) is 0 Å². The van der Waals surface area contributed by atoms with Gasteiger partial charge in [0.2, 0.25) is 0 Å². The Labute approximate surface area is 67.4 Å². The Morgan fingerprint density at radius 2 is 2.40 bits per heavy atom. The SMILES string of the molecule is SCN1CCC2NCCC21. The van der Waals surface area contributed by atoms with E-state index in [1.54, 1.807) is 0 Å². The normalized spacial score (nSPS) is 40.5. The molecule has 0 aliphatic carbocycles. The molecule has 2 nitrogen and oxygen atoms in total.